The molecule has 3 N–H and O–H groups in total. The zero-order valence-electron chi connectivity index (χ0n) is 7.44. The lowest BCUT2D eigenvalue weighted by atomic mass is 10.2. The third-order valence-electron chi connectivity index (χ3n) is 1.84. The van der Waals surface area contributed by atoms with E-state index < -0.39 is 10.3 Å². The van der Waals surface area contributed by atoms with Crippen LogP contribution in [0.2, 0.25) is 0 Å². The second-order valence-electron chi connectivity index (χ2n) is 3.14. The van der Waals surface area contributed by atoms with E-state index in [1.807, 2.05) is 0 Å². The van der Waals surface area contributed by atoms with Crippen molar-refractivity contribution in [2.24, 2.45) is 0 Å². The fourth-order valence-electron chi connectivity index (χ4n) is 0.973. The molecule has 1 atom stereocenters. The van der Waals surface area contributed by atoms with Gasteiger partial charge < -0.3 is 15.3 Å². The van der Waals surface area contributed by atoms with Gasteiger partial charge in [-0.1, -0.05) is 15.9 Å². The molecule has 0 aromatic carbocycles. The van der Waals surface area contributed by atoms with Gasteiger partial charge >= 0.3 is 5.97 Å². The van der Waals surface area contributed by atoms with Crippen LogP contribution >= 0.6 is 15.9 Å². The topological polar surface area (TPSA) is 82.7 Å². The molecule has 0 aliphatic carbocycles. The van der Waals surface area contributed by atoms with Gasteiger partial charge in [-0.15, -0.1) is 0 Å². The molecular formula is C8H10BrNO4. The quantitative estimate of drug-likeness (QED) is 0.715. The van der Waals surface area contributed by atoms with Crippen molar-refractivity contribution < 1.29 is 20.1 Å². The highest BCUT2D eigenvalue weighted by atomic mass is 79.9. The number of alkyl halides is 1. The molecule has 1 rings (SSSR count). The summed E-state index contributed by atoms with van der Waals surface area (Å²) < 4.78 is -0.121. The molecule has 14 heavy (non-hydrogen) atoms. The number of hydrogen-bond acceptors (Lipinski definition) is 3. The van der Waals surface area contributed by atoms with Crippen molar-refractivity contribution in [2.75, 3.05) is 0 Å². The molecule has 1 heterocycles. The second-order valence-corrected chi connectivity index (χ2v) is 4.89. The van der Waals surface area contributed by atoms with E-state index in [-0.39, 0.29) is 18.3 Å². The molecule has 0 amide bonds. The van der Waals surface area contributed by atoms with E-state index in [0.717, 1.165) is 4.57 Å². The first-order valence-electron chi connectivity index (χ1n) is 3.84. The maximum absolute atomic E-state index is 10.7. The summed E-state index contributed by atoms with van der Waals surface area (Å²) in [4.78, 5) is 10.7. The van der Waals surface area contributed by atoms with Crippen molar-refractivity contribution in [2.45, 2.75) is 17.8 Å². The molecule has 0 spiro atoms. The zero-order chi connectivity index (χ0) is 10.9. The van der Waals surface area contributed by atoms with Gasteiger partial charge in [-0.2, -0.15) is 0 Å². The summed E-state index contributed by atoms with van der Waals surface area (Å²) in [5.41, 5.74) is 0. The van der Waals surface area contributed by atoms with Gasteiger partial charge in [-0.3, -0.25) is 9.36 Å². The molecule has 1 aromatic rings. The van der Waals surface area contributed by atoms with Gasteiger partial charge in [0, 0.05) is 12.1 Å². The van der Waals surface area contributed by atoms with E-state index in [9.17, 15) is 15.0 Å². The number of halogens is 1. The summed E-state index contributed by atoms with van der Waals surface area (Å²) in [5.74, 6) is -1.41. The molecule has 0 aliphatic heterocycles. The number of rotatable bonds is 3. The number of nitrogens with zero attached hydrogens (tertiary/aromatic N) is 1. The zero-order valence-corrected chi connectivity index (χ0v) is 9.02. The highest BCUT2D eigenvalue weighted by molar-refractivity contribution is 9.10. The molecule has 78 valence electrons. The summed E-state index contributed by atoms with van der Waals surface area (Å²) in [6, 6.07) is 2.58. The summed E-state index contributed by atoms with van der Waals surface area (Å²) in [5, 5.41) is 27.3. The van der Waals surface area contributed by atoms with Crippen LogP contribution in [0.15, 0.2) is 12.1 Å². The Bertz CT molecular complexity index is 339. The van der Waals surface area contributed by atoms with E-state index >= 15 is 0 Å². The van der Waals surface area contributed by atoms with Gasteiger partial charge in [0.1, 0.15) is 4.32 Å². The van der Waals surface area contributed by atoms with E-state index in [0.29, 0.717) is 0 Å². The highest BCUT2D eigenvalue weighted by Gasteiger charge is 2.31. The van der Waals surface area contributed by atoms with Crippen LogP contribution in [-0.4, -0.2) is 30.2 Å². The normalized spacial score (nSPS) is 15.0. The van der Waals surface area contributed by atoms with Crippen LogP contribution in [-0.2, 0) is 11.3 Å². The second kappa shape index (κ2) is 3.53. The monoisotopic (exact) mass is 263 g/mol. The smallest absolute Gasteiger partial charge is 0.322 e. The van der Waals surface area contributed by atoms with Gasteiger partial charge in [-0.05, 0) is 6.92 Å². The van der Waals surface area contributed by atoms with E-state index in [4.69, 9.17) is 5.11 Å². The van der Waals surface area contributed by atoms with E-state index in [1.165, 1.54) is 19.1 Å². The highest BCUT2D eigenvalue weighted by Crippen LogP contribution is 2.28. The number of aromatic nitrogens is 1. The maximum atomic E-state index is 10.7. The van der Waals surface area contributed by atoms with Gasteiger partial charge in [-0.25, -0.2) is 0 Å². The average molecular weight is 264 g/mol. The molecule has 0 fully saturated rings. The SMILES string of the molecule is CC(Br)(Cn1c(O)ccc1O)C(=O)O. The van der Waals surface area contributed by atoms with Crippen LogP contribution in [0.1, 0.15) is 6.92 Å². The van der Waals surface area contributed by atoms with Crippen LogP contribution in [0.3, 0.4) is 0 Å². The molecule has 0 saturated heterocycles. The Labute approximate surface area is 88.7 Å². The lowest BCUT2D eigenvalue weighted by Crippen LogP contribution is -2.32. The summed E-state index contributed by atoms with van der Waals surface area (Å²) in [6.45, 7) is 1.38. The maximum Gasteiger partial charge on any atom is 0.322 e. The standard InChI is InChI=1S/C8H10BrNO4/c1-8(9,7(13)14)4-10-5(11)2-3-6(10)12/h2-3,11-12H,4H2,1H3,(H,13,14). The lowest BCUT2D eigenvalue weighted by Gasteiger charge is -2.18. The Balaban J connectivity index is 2.94. The number of carboxylic acids is 1. The van der Waals surface area contributed by atoms with Gasteiger partial charge in [0.05, 0.1) is 6.54 Å². The third-order valence-corrected chi connectivity index (χ3v) is 2.43. The van der Waals surface area contributed by atoms with Crippen molar-refractivity contribution in [1.82, 2.24) is 4.57 Å². The lowest BCUT2D eigenvalue weighted by molar-refractivity contribution is -0.139. The van der Waals surface area contributed by atoms with Crippen molar-refractivity contribution in [3.05, 3.63) is 12.1 Å². The first kappa shape index (κ1) is 10.9. The number of carboxylic acid groups (broad SMARTS) is 1. The first-order chi connectivity index (χ1) is 6.34. The Hall–Kier alpha value is -1.17. The first-order valence-corrected chi connectivity index (χ1v) is 4.63. The Kier molecular flexibility index (Phi) is 2.75. The van der Waals surface area contributed by atoms with Crippen LogP contribution in [0, 0.1) is 0 Å². The molecular weight excluding hydrogens is 254 g/mol. The van der Waals surface area contributed by atoms with E-state index in [2.05, 4.69) is 15.9 Å². The Morgan fingerprint density at radius 1 is 1.50 bits per heavy atom. The van der Waals surface area contributed by atoms with Crippen LogP contribution in [0.25, 0.3) is 0 Å². The predicted octanol–water partition coefficient (Wildman–Crippen LogP) is 1.14. The largest absolute Gasteiger partial charge is 0.494 e. The number of aromatic hydroxyl groups is 2. The summed E-state index contributed by atoms with van der Waals surface area (Å²) in [7, 11) is 0. The van der Waals surface area contributed by atoms with Crippen molar-refractivity contribution in [3.8, 4) is 11.8 Å². The molecule has 6 heteroatoms. The summed E-state index contributed by atoms with van der Waals surface area (Å²) >= 11 is 2.99. The fourth-order valence-corrected chi connectivity index (χ4v) is 1.22. The van der Waals surface area contributed by atoms with Crippen LogP contribution < -0.4 is 0 Å². The van der Waals surface area contributed by atoms with Crippen molar-refractivity contribution >= 4 is 21.9 Å². The third kappa shape index (κ3) is 2.01. The minimum absolute atomic E-state index is 0.0625. The molecule has 0 bridgehead atoms. The Morgan fingerprint density at radius 3 is 2.29 bits per heavy atom. The molecule has 0 radical (unpaired) electrons. The number of carbonyl (C=O) groups is 1. The van der Waals surface area contributed by atoms with Crippen LogP contribution in [0.4, 0.5) is 0 Å². The van der Waals surface area contributed by atoms with Crippen molar-refractivity contribution in [3.63, 3.8) is 0 Å². The number of hydrogen-bond donors (Lipinski definition) is 3. The van der Waals surface area contributed by atoms with Crippen LogP contribution in [0.5, 0.6) is 11.8 Å². The molecule has 5 nitrogen and oxygen atoms in total. The minimum Gasteiger partial charge on any atom is -0.494 e. The predicted molar refractivity (Wildman–Crippen MR) is 52.7 cm³/mol. The van der Waals surface area contributed by atoms with Crippen molar-refractivity contribution in [1.29, 1.82) is 0 Å². The molecule has 1 unspecified atom stereocenters. The van der Waals surface area contributed by atoms with Gasteiger partial charge in [0.2, 0.25) is 0 Å². The fraction of sp³-hybridized carbons (Fsp3) is 0.375. The average Bonchev–Trinajstić information content (AvgIpc) is 2.35. The number of aliphatic carboxylic acids is 1. The Morgan fingerprint density at radius 2 is 1.93 bits per heavy atom. The molecule has 1 aromatic heterocycles. The van der Waals surface area contributed by atoms with Gasteiger partial charge in [0.25, 0.3) is 0 Å². The van der Waals surface area contributed by atoms with Gasteiger partial charge in [0.15, 0.2) is 11.8 Å². The molecule has 0 saturated carbocycles. The van der Waals surface area contributed by atoms with E-state index in [1.54, 1.807) is 0 Å². The summed E-state index contributed by atoms with van der Waals surface area (Å²) in [6.07, 6.45) is 0. The molecule has 0 aliphatic rings. The minimum atomic E-state index is -1.22.